The second-order valence-corrected chi connectivity index (χ2v) is 6.21. The molecule has 20 heavy (non-hydrogen) atoms. The number of halogens is 1. The first-order valence-electron chi connectivity index (χ1n) is 6.69. The first kappa shape index (κ1) is 16.7. The van der Waals surface area contributed by atoms with Crippen molar-refractivity contribution >= 4 is 27.7 Å². The van der Waals surface area contributed by atoms with Crippen molar-refractivity contribution in [1.29, 1.82) is 0 Å². The minimum absolute atomic E-state index is 0.0482. The highest BCUT2D eigenvalue weighted by Gasteiger charge is 2.17. The molecule has 0 radical (unpaired) electrons. The first-order chi connectivity index (χ1) is 9.34. The third-order valence-corrected chi connectivity index (χ3v) is 3.63. The zero-order valence-electron chi connectivity index (χ0n) is 12.1. The quantitative estimate of drug-likeness (QED) is 0.836. The molecule has 1 aromatic rings. The highest BCUT2D eigenvalue weighted by atomic mass is 79.9. The van der Waals surface area contributed by atoms with Gasteiger partial charge in [-0.25, -0.2) is 0 Å². The standard InChI is InChI=1S/C15H21BrN2O2/c1-4-15(2,3)18-13(19)9-10-17-14(20)11-5-7-12(16)8-6-11/h5-8H,4,9-10H2,1-3H3,(H,17,20)(H,18,19). The zero-order chi connectivity index (χ0) is 15.2. The van der Waals surface area contributed by atoms with Crippen LogP contribution in [0.25, 0.3) is 0 Å². The van der Waals surface area contributed by atoms with Crippen molar-refractivity contribution < 1.29 is 9.59 Å². The number of carbonyl (C=O) groups excluding carboxylic acids is 2. The number of nitrogens with one attached hydrogen (secondary N) is 2. The minimum atomic E-state index is -0.202. The number of rotatable bonds is 6. The third-order valence-electron chi connectivity index (χ3n) is 3.11. The Balaban J connectivity index is 2.35. The SMILES string of the molecule is CCC(C)(C)NC(=O)CCNC(=O)c1ccc(Br)cc1. The maximum Gasteiger partial charge on any atom is 0.251 e. The van der Waals surface area contributed by atoms with Crippen molar-refractivity contribution in [3.05, 3.63) is 34.3 Å². The summed E-state index contributed by atoms with van der Waals surface area (Å²) in [4.78, 5) is 23.5. The van der Waals surface area contributed by atoms with Crippen LogP contribution in [0.5, 0.6) is 0 Å². The van der Waals surface area contributed by atoms with E-state index in [4.69, 9.17) is 0 Å². The van der Waals surface area contributed by atoms with Gasteiger partial charge in [-0.05, 0) is 44.5 Å². The Morgan fingerprint density at radius 3 is 2.35 bits per heavy atom. The summed E-state index contributed by atoms with van der Waals surface area (Å²) < 4.78 is 0.926. The summed E-state index contributed by atoms with van der Waals surface area (Å²) >= 11 is 3.32. The fraction of sp³-hybridized carbons (Fsp3) is 0.467. The lowest BCUT2D eigenvalue weighted by atomic mass is 10.0. The average molecular weight is 341 g/mol. The Bertz CT molecular complexity index is 469. The van der Waals surface area contributed by atoms with Crippen LogP contribution in [0.3, 0.4) is 0 Å². The molecule has 110 valence electrons. The van der Waals surface area contributed by atoms with Gasteiger partial charge in [0, 0.05) is 28.5 Å². The number of amides is 2. The van der Waals surface area contributed by atoms with Gasteiger partial charge in [-0.1, -0.05) is 22.9 Å². The fourth-order valence-corrected chi connectivity index (χ4v) is 1.79. The molecule has 4 nitrogen and oxygen atoms in total. The maximum atomic E-state index is 11.8. The minimum Gasteiger partial charge on any atom is -0.352 e. The molecule has 0 atom stereocenters. The predicted molar refractivity (Wildman–Crippen MR) is 83.6 cm³/mol. The molecule has 0 saturated carbocycles. The summed E-state index contributed by atoms with van der Waals surface area (Å²) in [5, 5.41) is 5.67. The van der Waals surface area contributed by atoms with Gasteiger partial charge >= 0.3 is 0 Å². The van der Waals surface area contributed by atoms with Crippen molar-refractivity contribution in [2.45, 2.75) is 39.2 Å². The van der Waals surface area contributed by atoms with Crippen LogP contribution in [0.1, 0.15) is 44.0 Å². The molecule has 1 aromatic carbocycles. The molecule has 5 heteroatoms. The molecular weight excluding hydrogens is 320 g/mol. The lowest BCUT2D eigenvalue weighted by Crippen LogP contribution is -2.43. The Hall–Kier alpha value is -1.36. The molecule has 0 aliphatic rings. The van der Waals surface area contributed by atoms with Crippen molar-refractivity contribution in [3.8, 4) is 0 Å². The number of hydrogen-bond acceptors (Lipinski definition) is 2. The molecule has 0 bridgehead atoms. The monoisotopic (exact) mass is 340 g/mol. The number of benzene rings is 1. The lowest BCUT2D eigenvalue weighted by Gasteiger charge is -2.24. The topological polar surface area (TPSA) is 58.2 Å². The molecule has 2 amide bonds. The highest BCUT2D eigenvalue weighted by Crippen LogP contribution is 2.10. The van der Waals surface area contributed by atoms with Crippen LogP contribution in [0.4, 0.5) is 0 Å². The van der Waals surface area contributed by atoms with Gasteiger partial charge in [0.05, 0.1) is 0 Å². The van der Waals surface area contributed by atoms with E-state index >= 15 is 0 Å². The Labute approximate surface area is 128 Å². The van der Waals surface area contributed by atoms with Crippen LogP contribution >= 0.6 is 15.9 Å². The van der Waals surface area contributed by atoms with Gasteiger partial charge in [0.2, 0.25) is 5.91 Å². The number of hydrogen-bond donors (Lipinski definition) is 2. The van der Waals surface area contributed by atoms with Gasteiger partial charge in [-0.15, -0.1) is 0 Å². The van der Waals surface area contributed by atoms with E-state index in [1.165, 1.54) is 0 Å². The molecular formula is C15H21BrN2O2. The van der Waals surface area contributed by atoms with Gasteiger partial charge in [-0.3, -0.25) is 9.59 Å². The largest absolute Gasteiger partial charge is 0.352 e. The summed E-state index contributed by atoms with van der Waals surface area (Å²) in [7, 11) is 0. The second kappa shape index (κ2) is 7.43. The third kappa shape index (κ3) is 5.74. The molecule has 0 aliphatic carbocycles. The van der Waals surface area contributed by atoms with Gasteiger partial charge in [-0.2, -0.15) is 0 Å². The van der Waals surface area contributed by atoms with Crippen LogP contribution < -0.4 is 10.6 Å². The molecule has 0 aromatic heterocycles. The average Bonchev–Trinajstić information content (AvgIpc) is 2.38. The summed E-state index contributed by atoms with van der Waals surface area (Å²) in [6.45, 7) is 6.31. The molecule has 0 saturated heterocycles. The number of carbonyl (C=O) groups is 2. The van der Waals surface area contributed by atoms with Crippen LogP contribution in [-0.2, 0) is 4.79 Å². The normalized spacial score (nSPS) is 11.0. The summed E-state index contributed by atoms with van der Waals surface area (Å²) in [6, 6.07) is 7.09. The predicted octanol–water partition coefficient (Wildman–Crippen LogP) is 2.87. The Morgan fingerprint density at radius 2 is 1.80 bits per heavy atom. The molecule has 0 heterocycles. The van der Waals surface area contributed by atoms with Gasteiger partial charge in [0.15, 0.2) is 0 Å². The zero-order valence-corrected chi connectivity index (χ0v) is 13.7. The second-order valence-electron chi connectivity index (χ2n) is 5.30. The van der Waals surface area contributed by atoms with Crippen LogP contribution in [0, 0.1) is 0 Å². The summed E-state index contributed by atoms with van der Waals surface area (Å²) in [6.07, 6.45) is 1.15. The molecule has 0 spiro atoms. The van der Waals surface area contributed by atoms with Crippen molar-refractivity contribution in [1.82, 2.24) is 10.6 Å². The van der Waals surface area contributed by atoms with E-state index in [-0.39, 0.29) is 23.8 Å². The van der Waals surface area contributed by atoms with Gasteiger partial charge in [0.25, 0.3) is 5.91 Å². The van der Waals surface area contributed by atoms with Crippen LogP contribution in [0.15, 0.2) is 28.7 Å². The van der Waals surface area contributed by atoms with E-state index in [1.54, 1.807) is 12.1 Å². The fourth-order valence-electron chi connectivity index (χ4n) is 1.52. The van der Waals surface area contributed by atoms with E-state index in [0.717, 1.165) is 10.9 Å². The van der Waals surface area contributed by atoms with Crippen molar-refractivity contribution in [2.24, 2.45) is 0 Å². The van der Waals surface area contributed by atoms with Crippen molar-refractivity contribution in [2.75, 3.05) is 6.54 Å². The first-order valence-corrected chi connectivity index (χ1v) is 7.48. The molecule has 0 unspecified atom stereocenters. The van der Waals surface area contributed by atoms with Crippen LogP contribution in [0.2, 0.25) is 0 Å². The van der Waals surface area contributed by atoms with E-state index in [0.29, 0.717) is 12.1 Å². The molecule has 1 rings (SSSR count). The van der Waals surface area contributed by atoms with E-state index in [9.17, 15) is 9.59 Å². The summed E-state index contributed by atoms with van der Waals surface area (Å²) in [5.41, 5.74) is 0.384. The molecule has 0 aliphatic heterocycles. The van der Waals surface area contributed by atoms with E-state index in [2.05, 4.69) is 26.6 Å². The van der Waals surface area contributed by atoms with Gasteiger partial charge < -0.3 is 10.6 Å². The highest BCUT2D eigenvalue weighted by molar-refractivity contribution is 9.10. The molecule has 2 N–H and O–H groups in total. The Kier molecular flexibility index (Phi) is 6.20. The maximum absolute atomic E-state index is 11.8. The van der Waals surface area contributed by atoms with E-state index < -0.39 is 0 Å². The molecule has 0 fully saturated rings. The van der Waals surface area contributed by atoms with Crippen molar-refractivity contribution in [3.63, 3.8) is 0 Å². The van der Waals surface area contributed by atoms with Gasteiger partial charge in [0.1, 0.15) is 0 Å². The Morgan fingerprint density at radius 1 is 1.20 bits per heavy atom. The smallest absolute Gasteiger partial charge is 0.251 e. The lowest BCUT2D eigenvalue weighted by molar-refractivity contribution is -0.122. The summed E-state index contributed by atoms with van der Waals surface area (Å²) in [5.74, 6) is -0.215. The van der Waals surface area contributed by atoms with E-state index in [1.807, 2.05) is 32.9 Å². The van der Waals surface area contributed by atoms with Crippen LogP contribution in [-0.4, -0.2) is 23.9 Å².